The van der Waals surface area contributed by atoms with Crippen LogP contribution < -0.4 is 16.6 Å². The first kappa shape index (κ1) is 23.1. The normalized spacial score (nSPS) is 20.2. The SMILES string of the molecule is NC(=O)c1ccc(SN2CCC(n3ncc(NC[C@@H]4CCCOC4)c(Cl)c3=O)CC2)cc1. The van der Waals surface area contributed by atoms with E-state index >= 15 is 0 Å². The Hall–Kier alpha value is -2.07. The van der Waals surface area contributed by atoms with E-state index in [0.717, 1.165) is 63.4 Å². The third kappa shape index (κ3) is 5.64. The number of hydrogen-bond acceptors (Lipinski definition) is 7. The topological polar surface area (TPSA) is 102 Å². The fraction of sp³-hybridized carbons (Fsp3) is 0.500. The second-order valence-corrected chi connectivity index (χ2v) is 9.77. The fourth-order valence-corrected chi connectivity index (χ4v) is 5.21. The van der Waals surface area contributed by atoms with Crippen LogP contribution in [0, 0.1) is 5.92 Å². The molecule has 0 radical (unpaired) electrons. The summed E-state index contributed by atoms with van der Waals surface area (Å²) in [5.41, 5.74) is 6.14. The van der Waals surface area contributed by atoms with Crippen molar-refractivity contribution in [2.24, 2.45) is 11.7 Å². The summed E-state index contributed by atoms with van der Waals surface area (Å²) < 4.78 is 9.29. The van der Waals surface area contributed by atoms with E-state index in [1.54, 1.807) is 30.3 Å². The van der Waals surface area contributed by atoms with Gasteiger partial charge in [-0.3, -0.25) is 9.59 Å². The minimum atomic E-state index is -0.428. The van der Waals surface area contributed by atoms with Gasteiger partial charge in [0.2, 0.25) is 5.91 Å². The van der Waals surface area contributed by atoms with Gasteiger partial charge in [0.15, 0.2) is 0 Å². The number of rotatable bonds is 7. The van der Waals surface area contributed by atoms with Gasteiger partial charge in [-0.2, -0.15) is 5.10 Å². The number of primary amides is 1. The quantitative estimate of drug-likeness (QED) is 0.590. The van der Waals surface area contributed by atoms with E-state index in [1.165, 1.54) is 4.68 Å². The molecule has 0 saturated carbocycles. The van der Waals surface area contributed by atoms with Crippen molar-refractivity contribution < 1.29 is 9.53 Å². The molecular formula is C22H28ClN5O3S. The lowest BCUT2D eigenvalue weighted by molar-refractivity contribution is 0.0595. The molecule has 2 aromatic rings. The summed E-state index contributed by atoms with van der Waals surface area (Å²) in [6.07, 6.45) is 5.45. The molecule has 8 nitrogen and oxygen atoms in total. The van der Waals surface area contributed by atoms with E-state index < -0.39 is 5.91 Å². The van der Waals surface area contributed by atoms with E-state index in [9.17, 15) is 9.59 Å². The molecule has 2 aliphatic rings. The number of nitrogens with zero attached hydrogens (tertiary/aromatic N) is 3. The van der Waals surface area contributed by atoms with Crippen LogP contribution in [0.4, 0.5) is 5.69 Å². The zero-order valence-electron chi connectivity index (χ0n) is 17.8. The van der Waals surface area contributed by atoms with Crippen LogP contribution in [0.2, 0.25) is 5.02 Å². The second kappa shape index (κ2) is 10.7. The number of ether oxygens (including phenoxy) is 1. The Kier molecular flexibility index (Phi) is 7.72. The molecule has 32 heavy (non-hydrogen) atoms. The van der Waals surface area contributed by atoms with Crippen LogP contribution in [0.25, 0.3) is 0 Å². The Morgan fingerprint density at radius 1 is 1.25 bits per heavy atom. The number of benzene rings is 1. The van der Waals surface area contributed by atoms with Crippen molar-refractivity contribution in [1.82, 2.24) is 14.1 Å². The average Bonchev–Trinajstić information content (AvgIpc) is 2.82. The summed E-state index contributed by atoms with van der Waals surface area (Å²) in [6.45, 7) is 3.93. The zero-order chi connectivity index (χ0) is 22.5. The molecule has 2 fully saturated rings. The van der Waals surface area contributed by atoms with Gasteiger partial charge in [0.1, 0.15) is 5.02 Å². The Bertz CT molecular complexity index is 986. The van der Waals surface area contributed by atoms with Crippen molar-refractivity contribution in [3.8, 4) is 0 Å². The van der Waals surface area contributed by atoms with Gasteiger partial charge in [-0.1, -0.05) is 11.6 Å². The van der Waals surface area contributed by atoms with Crippen molar-refractivity contribution in [2.75, 3.05) is 38.2 Å². The van der Waals surface area contributed by atoms with Crippen LogP contribution in [-0.4, -0.2) is 52.8 Å². The number of hydrogen-bond donors (Lipinski definition) is 2. The highest BCUT2D eigenvalue weighted by Gasteiger charge is 2.24. The number of nitrogens with one attached hydrogen (secondary N) is 1. The van der Waals surface area contributed by atoms with Gasteiger partial charge in [-0.15, -0.1) is 0 Å². The molecule has 10 heteroatoms. The van der Waals surface area contributed by atoms with Crippen LogP contribution in [0.15, 0.2) is 40.2 Å². The molecule has 3 N–H and O–H groups in total. The molecule has 0 unspecified atom stereocenters. The predicted molar refractivity (Wildman–Crippen MR) is 126 cm³/mol. The zero-order valence-corrected chi connectivity index (χ0v) is 19.4. The molecular weight excluding hydrogens is 450 g/mol. The van der Waals surface area contributed by atoms with Crippen LogP contribution in [0.5, 0.6) is 0 Å². The van der Waals surface area contributed by atoms with Gasteiger partial charge >= 0.3 is 0 Å². The molecule has 2 saturated heterocycles. The van der Waals surface area contributed by atoms with E-state index in [4.69, 9.17) is 22.1 Å². The van der Waals surface area contributed by atoms with Crippen molar-refractivity contribution in [3.63, 3.8) is 0 Å². The first-order valence-corrected chi connectivity index (χ1v) is 12.1. The molecule has 0 aliphatic carbocycles. The summed E-state index contributed by atoms with van der Waals surface area (Å²) in [5.74, 6) is -0.000684. The molecule has 0 spiro atoms. The van der Waals surface area contributed by atoms with Gasteiger partial charge in [-0.05, 0) is 67.8 Å². The minimum Gasteiger partial charge on any atom is -0.382 e. The fourth-order valence-electron chi connectivity index (χ4n) is 4.06. The Labute approximate surface area is 196 Å². The van der Waals surface area contributed by atoms with Crippen molar-refractivity contribution in [2.45, 2.75) is 36.6 Å². The smallest absolute Gasteiger partial charge is 0.287 e. The summed E-state index contributed by atoms with van der Waals surface area (Å²) in [6, 6.07) is 7.29. The number of carbonyl (C=O) groups is 1. The number of nitrogens with two attached hydrogens (primary N) is 1. The maximum atomic E-state index is 12.8. The molecule has 4 rings (SSSR count). The van der Waals surface area contributed by atoms with Gasteiger partial charge in [0, 0.05) is 36.7 Å². The highest BCUT2D eigenvalue weighted by atomic mass is 35.5. The number of piperidine rings is 1. The van der Waals surface area contributed by atoms with Gasteiger partial charge in [0.25, 0.3) is 5.56 Å². The lowest BCUT2D eigenvalue weighted by Gasteiger charge is -2.31. The molecule has 1 aromatic heterocycles. The van der Waals surface area contributed by atoms with E-state index in [-0.39, 0.29) is 16.6 Å². The Balaban J connectivity index is 1.32. The number of anilines is 1. The lowest BCUT2D eigenvalue weighted by atomic mass is 10.0. The molecule has 3 heterocycles. The molecule has 1 aromatic carbocycles. The molecule has 2 aliphatic heterocycles. The monoisotopic (exact) mass is 477 g/mol. The minimum absolute atomic E-state index is 0.0230. The number of carbonyl (C=O) groups excluding carboxylic acids is 1. The van der Waals surface area contributed by atoms with Crippen molar-refractivity contribution in [1.29, 1.82) is 0 Å². The maximum Gasteiger partial charge on any atom is 0.287 e. The number of aromatic nitrogens is 2. The lowest BCUT2D eigenvalue weighted by Crippen LogP contribution is -2.36. The third-order valence-corrected chi connectivity index (χ3v) is 7.39. The molecule has 1 amide bonds. The number of halogens is 1. The van der Waals surface area contributed by atoms with Gasteiger partial charge in [0.05, 0.1) is 24.5 Å². The standard InChI is InChI=1S/C22H28ClN5O3S/c23-20-19(25-12-15-2-1-11-31-14-15)13-26-28(22(20)30)17-7-9-27(10-8-17)32-18-5-3-16(4-6-18)21(24)29/h3-6,13,15,17,25H,1-2,7-12,14H2,(H2,24,29)/t15-/m0/s1. The second-order valence-electron chi connectivity index (χ2n) is 8.23. The first-order chi connectivity index (χ1) is 15.5. The first-order valence-electron chi connectivity index (χ1n) is 10.9. The van der Waals surface area contributed by atoms with Crippen molar-refractivity contribution >= 4 is 35.1 Å². The Morgan fingerprint density at radius 2 is 2.00 bits per heavy atom. The van der Waals surface area contributed by atoms with Crippen LogP contribution >= 0.6 is 23.5 Å². The summed E-state index contributed by atoms with van der Waals surface area (Å²) in [4.78, 5) is 25.1. The molecule has 1 atom stereocenters. The molecule has 0 bridgehead atoms. The Morgan fingerprint density at radius 3 is 2.66 bits per heavy atom. The molecule has 172 valence electrons. The van der Waals surface area contributed by atoms with Gasteiger partial charge in [-0.25, -0.2) is 8.99 Å². The highest BCUT2D eigenvalue weighted by molar-refractivity contribution is 7.97. The maximum absolute atomic E-state index is 12.8. The van der Waals surface area contributed by atoms with E-state index in [0.29, 0.717) is 17.2 Å². The highest BCUT2D eigenvalue weighted by Crippen LogP contribution is 2.30. The van der Waals surface area contributed by atoms with Gasteiger partial charge < -0.3 is 15.8 Å². The average molecular weight is 478 g/mol. The predicted octanol–water partition coefficient (Wildman–Crippen LogP) is 3.18. The third-order valence-electron chi connectivity index (χ3n) is 5.92. The number of amides is 1. The summed E-state index contributed by atoms with van der Waals surface area (Å²) >= 11 is 8.03. The van der Waals surface area contributed by atoms with Crippen LogP contribution in [0.3, 0.4) is 0 Å². The van der Waals surface area contributed by atoms with Crippen LogP contribution in [0.1, 0.15) is 42.1 Å². The van der Waals surface area contributed by atoms with E-state index in [1.807, 2.05) is 12.1 Å². The van der Waals surface area contributed by atoms with Crippen LogP contribution in [-0.2, 0) is 4.74 Å². The summed E-state index contributed by atoms with van der Waals surface area (Å²) in [7, 11) is 0. The largest absolute Gasteiger partial charge is 0.382 e. The summed E-state index contributed by atoms with van der Waals surface area (Å²) in [5, 5.41) is 7.89. The van der Waals surface area contributed by atoms with E-state index in [2.05, 4.69) is 14.7 Å². The van der Waals surface area contributed by atoms with Crippen molar-refractivity contribution in [3.05, 3.63) is 51.4 Å².